The number of halogens is 2. The minimum absolute atomic E-state index is 0.00227. The van der Waals surface area contributed by atoms with Crippen LogP contribution in [0.1, 0.15) is 55.6 Å². The lowest BCUT2D eigenvalue weighted by Crippen LogP contribution is -2.29. The fourth-order valence-electron chi connectivity index (χ4n) is 2.72. The smallest absolute Gasteiger partial charge is 0.248 e. The number of nitrogens with two attached hydrogens (primary N) is 1. The summed E-state index contributed by atoms with van der Waals surface area (Å²) in [5, 5.41) is 4.10. The van der Waals surface area contributed by atoms with Crippen molar-refractivity contribution in [2.45, 2.75) is 57.4 Å². The molecule has 0 saturated heterocycles. The van der Waals surface area contributed by atoms with Gasteiger partial charge < -0.3 is 0 Å². The quantitative estimate of drug-likeness (QED) is 0.624. The summed E-state index contributed by atoms with van der Waals surface area (Å²) in [6.07, 6.45) is 3.01. The minimum Gasteiger partial charge on any atom is -0.271 e. The van der Waals surface area contributed by atoms with Gasteiger partial charge in [0.1, 0.15) is 0 Å². The van der Waals surface area contributed by atoms with Crippen LogP contribution < -0.4 is 11.3 Å². The first-order valence-corrected chi connectivity index (χ1v) is 7.48. The lowest BCUT2D eigenvalue weighted by Gasteiger charge is -2.19. The monoisotopic (exact) mass is 290 g/mol. The van der Waals surface area contributed by atoms with Crippen molar-refractivity contribution < 1.29 is 8.78 Å². The van der Waals surface area contributed by atoms with Crippen LogP contribution >= 0.6 is 11.5 Å². The average Bonchev–Trinajstić information content (AvgIpc) is 2.93. The zero-order chi connectivity index (χ0) is 13.9. The van der Waals surface area contributed by atoms with Crippen LogP contribution in [0.15, 0.2) is 0 Å². The van der Waals surface area contributed by atoms with Gasteiger partial charge >= 0.3 is 0 Å². The molecule has 4 nitrogen and oxygen atoms in total. The Labute approximate surface area is 115 Å². The van der Waals surface area contributed by atoms with Crippen molar-refractivity contribution in [2.24, 2.45) is 11.8 Å². The molecule has 7 heteroatoms. The molecule has 2 atom stereocenters. The van der Waals surface area contributed by atoms with Crippen molar-refractivity contribution in [1.82, 2.24) is 15.0 Å². The fraction of sp³-hybridized carbons (Fsp3) is 0.833. The van der Waals surface area contributed by atoms with Gasteiger partial charge in [0.15, 0.2) is 0 Å². The molecule has 0 bridgehead atoms. The summed E-state index contributed by atoms with van der Waals surface area (Å²) in [6.45, 7) is 2.07. The topological polar surface area (TPSA) is 63.8 Å². The van der Waals surface area contributed by atoms with E-state index in [9.17, 15) is 8.78 Å². The largest absolute Gasteiger partial charge is 0.271 e. The molecule has 2 rings (SSSR count). The molecule has 108 valence electrons. The molecular formula is C12H20F2N4S. The van der Waals surface area contributed by atoms with Crippen LogP contribution in [0, 0.1) is 5.92 Å². The van der Waals surface area contributed by atoms with Gasteiger partial charge in [0.2, 0.25) is 5.92 Å². The van der Waals surface area contributed by atoms with Gasteiger partial charge in [0.05, 0.1) is 16.6 Å². The van der Waals surface area contributed by atoms with E-state index in [1.807, 2.05) is 0 Å². The summed E-state index contributed by atoms with van der Waals surface area (Å²) in [7, 11) is 0. The highest BCUT2D eigenvalue weighted by Crippen LogP contribution is 2.42. The van der Waals surface area contributed by atoms with Gasteiger partial charge in [-0.05, 0) is 36.7 Å². The number of rotatable bonds is 6. The number of aryl methyl sites for hydroxylation is 1. The first kappa shape index (κ1) is 14.7. The first-order chi connectivity index (χ1) is 9.05. The summed E-state index contributed by atoms with van der Waals surface area (Å²) < 4.78 is 30.4. The zero-order valence-electron chi connectivity index (χ0n) is 11.0. The standard InChI is InChI=1S/C12H20F2N4S/c1-2-3-9-11(19-18-17-9)10(16-15)6-8-4-5-12(13,14)7-8/h8,10,16H,2-7,15H2,1H3. The highest BCUT2D eigenvalue weighted by Gasteiger charge is 2.40. The second-order valence-electron chi connectivity index (χ2n) is 5.25. The second kappa shape index (κ2) is 6.19. The second-order valence-corrected chi connectivity index (χ2v) is 6.04. The maximum Gasteiger partial charge on any atom is 0.248 e. The van der Waals surface area contributed by atoms with Crippen molar-refractivity contribution in [3.05, 3.63) is 10.6 Å². The zero-order valence-corrected chi connectivity index (χ0v) is 11.8. The normalized spacial score (nSPS) is 23.7. The van der Waals surface area contributed by atoms with Crippen LogP contribution in [-0.4, -0.2) is 15.5 Å². The predicted octanol–water partition coefficient (Wildman–Crippen LogP) is 2.82. The number of hydrazine groups is 1. The van der Waals surface area contributed by atoms with Crippen molar-refractivity contribution in [3.63, 3.8) is 0 Å². The molecule has 1 aromatic rings. The summed E-state index contributed by atoms with van der Waals surface area (Å²) in [5.41, 5.74) is 3.69. The molecule has 1 saturated carbocycles. The predicted molar refractivity (Wildman–Crippen MR) is 70.9 cm³/mol. The third-order valence-electron chi connectivity index (χ3n) is 3.66. The van der Waals surface area contributed by atoms with Gasteiger partial charge in [-0.25, -0.2) is 8.78 Å². The number of nitrogens with zero attached hydrogens (tertiary/aromatic N) is 2. The third kappa shape index (κ3) is 3.67. The first-order valence-electron chi connectivity index (χ1n) is 6.71. The summed E-state index contributed by atoms with van der Waals surface area (Å²) in [4.78, 5) is 1.000. The van der Waals surface area contributed by atoms with Crippen LogP contribution in [0.4, 0.5) is 8.78 Å². The highest BCUT2D eigenvalue weighted by molar-refractivity contribution is 7.05. The van der Waals surface area contributed by atoms with Crippen molar-refractivity contribution >= 4 is 11.5 Å². The lowest BCUT2D eigenvalue weighted by molar-refractivity contribution is 0.00431. The van der Waals surface area contributed by atoms with Crippen molar-refractivity contribution in [2.75, 3.05) is 0 Å². The number of hydrogen-bond donors (Lipinski definition) is 2. The van der Waals surface area contributed by atoms with E-state index >= 15 is 0 Å². The molecule has 3 N–H and O–H groups in total. The minimum atomic E-state index is -2.50. The van der Waals surface area contributed by atoms with Gasteiger partial charge in [-0.1, -0.05) is 17.8 Å². The number of nitrogens with one attached hydrogen (secondary N) is 1. The van der Waals surface area contributed by atoms with E-state index < -0.39 is 5.92 Å². The van der Waals surface area contributed by atoms with Crippen LogP contribution in [0.5, 0.6) is 0 Å². The van der Waals surface area contributed by atoms with Gasteiger partial charge in [-0.15, -0.1) is 5.10 Å². The summed E-state index contributed by atoms with van der Waals surface area (Å²) in [5.74, 6) is 3.11. The van der Waals surface area contributed by atoms with Crippen LogP contribution in [0.25, 0.3) is 0 Å². The molecule has 0 radical (unpaired) electrons. The molecule has 0 aliphatic heterocycles. The Morgan fingerprint density at radius 2 is 2.37 bits per heavy atom. The summed E-state index contributed by atoms with van der Waals surface area (Å²) >= 11 is 1.31. The van der Waals surface area contributed by atoms with E-state index in [1.54, 1.807) is 0 Å². The molecular weight excluding hydrogens is 270 g/mol. The fourth-order valence-corrected chi connectivity index (χ4v) is 3.48. The highest BCUT2D eigenvalue weighted by atomic mass is 32.1. The Balaban J connectivity index is 2.02. The van der Waals surface area contributed by atoms with E-state index in [0.29, 0.717) is 12.8 Å². The number of alkyl halides is 2. The molecule has 2 unspecified atom stereocenters. The molecule has 1 aliphatic rings. The van der Waals surface area contributed by atoms with Crippen molar-refractivity contribution in [3.8, 4) is 0 Å². The summed E-state index contributed by atoms with van der Waals surface area (Å²) in [6, 6.07) is -0.111. The van der Waals surface area contributed by atoms with E-state index in [-0.39, 0.29) is 24.8 Å². The molecule has 1 heterocycles. The Kier molecular flexibility index (Phi) is 4.81. The van der Waals surface area contributed by atoms with Crippen LogP contribution in [0.3, 0.4) is 0 Å². The lowest BCUT2D eigenvalue weighted by atomic mass is 9.96. The van der Waals surface area contributed by atoms with E-state index in [2.05, 4.69) is 21.9 Å². The van der Waals surface area contributed by atoms with E-state index in [0.717, 1.165) is 23.4 Å². The van der Waals surface area contributed by atoms with E-state index in [1.165, 1.54) is 11.5 Å². The van der Waals surface area contributed by atoms with Crippen LogP contribution in [0.2, 0.25) is 0 Å². The Morgan fingerprint density at radius 1 is 1.58 bits per heavy atom. The Bertz CT molecular complexity index is 410. The van der Waals surface area contributed by atoms with Crippen LogP contribution in [-0.2, 0) is 6.42 Å². The van der Waals surface area contributed by atoms with Gasteiger partial charge in [0, 0.05) is 12.8 Å². The Hall–Kier alpha value is -0.660. The third-order valence-corrected chi connectivity index (χ3v) is 4.54. The van der Waals surface area contributed by atoms with E-state index in [4.69, 9.17) is 5.84 Å². The average molecular weight is 290 g/mol. The molecule has 19 heavy (non-hydrogen) atoms. The number of hydrogen-bond acceptors (Lipinski definition) is 5. The molecule has 0 aromatic carbocycles. The molecule has 0 spiro atoms. The maximum absolute atomic E-state index is 13.2. The Morgan fingerprint density at radius 3 is 2.95 bits per heavy atom. The molecule has 1 aliphatic carbocycles. The molecule has 0 amide bonds. The molecule has 1 fully saturated rings. The maximum atomic E-state index is 13.2. The molecule has 1 aromatic heterocycles. The van der Waals surface area contributed by atoms with Gasteiger partial charge in [-0.2, -0.15) is 0 Å². The SMILES string of the molecule is CCCc1nnsc1C(CC1CCC(F)(F)C1)NN. The van der Waals surface area contributed by atoms with Gasteiger partial charge in [0.25, 0.3) is 0 Å². The number of aromatic nitrogens is 2. The van der Waals surface area contributed by atoms with Gasteiger partial charge in [-0.3, -0.25) is 11.3 Å². The van der Waals surface area contributed by atoms with Crippen molar-refractivity contribution in [1.29, 1.82) is 0 Å².